The summed E-state index contributed by atoms with van der Waals surface area (Å²) in [6.07, 6.45) is 9.47. The van der Waals surface area contributed by atoms with Gasteiger partial charge in [0.15, 0.2) is 0 Å². The van der Waals surface area contributed by atoms with E-state index in [4.69, 9.17) is 4.79 Å². The van der Waals surface area contributed by atoms with E-state index >= 15 is 0 Å². The highest BCUT2D eigenvalue weighted by Crippen LogP contribution is 2.33. The van der Waals surface area contributed by atoms with Crippen LogP contribution in [-0.4, -0.2) is 19.4 Å². The molecule has 1 atom stereocenters. The normalized spacial score (nSPS) is 27.6. The first-order chi connectivity index (χ1) is 8.65. The summed E-state index contributed by atoms with van der Waals surface area (Å²) in [7, 11) is 0. The van der Waals surface area contributed by atoms with Crippen LogP contribution in [0.2, 0.25) is 0 Å². The quantitative estimate of drug-likeness (QED) is 0.754. The van der Waals surface area contributed by atoms with Gasteiger partial charge < -0.3 is 10.1 Å². The van der Waals surface area contributed by atoms with Gasteiger partial charge >= 0.3 is 0 Å². The van der Waals surface area contributed by atoms with E-state index in [9.17, 15) is 0 Å². The molecule has 2 rings (SSSR count). The Morgan fingerprint density at radius 3 is 1.89 bits per heavy atom. The Hall–Kier alpha value is -0.370. The second-order valence-electron chi connectivity index (χ2n) is 5.74. The van der Waals surface area contributed by atoms with Gasteiger partial charge in [0, 0.05) is 0 Å². The minimum Gasteiger partial charge on any atom is -0.317 e. The highest BCUT2D eigenvalue weighted by molar-refractivity contribution is 5.44. The second kappa shape index (κ2) is 11.7. The first kappa shape index (κ1) is 17.6. The molecule has 0 amide bonds. The fourth-order valence-electron chi connectivity index (χ4n) is 2.37. The highest BCUT2D eigenvalue weighted by Gasteiger charge is 2.21. The van der Waals surface area contributed by atoms with E-state index in [1.807, 2.05) is 0 Å². The number of rotatable bonds is 2. The molecule has 0 aromatic carbocycles. The topological polar surface area (TPSA) is 29.1 Å². The third kappa shape index (κ3) is 8.68. The molecule has 0 aromatic heterocycles. The molecule has 2 fully saturated rings. The maximum Gasteiger partial charge on any atom is 0.116 e. The molecular formula is C16H33NO. The molecule has 1 heterocycles. The molecule has 1 saturated heterocycles. The number of nitrogens with one attached hydrogen (secondary N) is 1. The lowest BCUT2D eigenvalue weighted by atomic mass is 9.76. The van der Waals surface area contributed by atoms with Crippen molar-refractivity contribution in [2.75, 3.05) is 13.1 Å². The van der Waals surface area contributed by atoms with E-state index in [0.29, 0.717) is 0 Å². The maximum absolute atomic E-state index is 8.81. The third-order valence-corrected chi connectivity index (χ3v) is 4.22. The van der Waals surface area contributed by atoms with Gasteiger partial charge in [-0.05, 0) is 57.0 Å². The fourth-order valence-corrected chi connectivity index (χ4v) is 2.37. The average Bonchev–Trinajstić information content (AvgIpc) is 2.28. The molecule has 2 nitrogen and oxygen atoms in total. The van der Waals surface area contributed by atoms with E-state index in [2.05, 4.69) is 26.1 Å². The fraction of sp³-hybridized carbons (Fsp3) is 0.938. The number of carbonyl (C=O) groups excluding carboxylic acids is 1. The summed E-state index contributed by atoms with van der Waals surface area (Å²) in [5.74, 6) is 3.04. The Bertz CT molecular complexity index is 178. The summed E-state index contributed by atoms with van der Waals surface area (Å²) in [5, 5.41) is 3.11. The van der Waals surface area contributed by atoms with Crippen molar-refractivity contribution in [2.24, 2.45) is 17.8 Å². The Kier molecular flexibility index (Phi) is 11.5. The van der Waals surface area contributed by atoms with Crippen molar-refractivity contribution in [3.8, 4) is 0 Å². The van der Waals surface area contributed by atoms with Crippen molar-refractivity contribution >= 4 is 6.29 Å². The molecule has 0 radical (unpaired) electrons. The molecule has 1 aliphatic heterocycles. The Balaban J connectivity index is 0.000000338. The summed E-state index contributed by atoms with van der Waals surface area (Å²) in [6, 6.07) is 0. The first-order valence-electron chi connectivity index (χ1n) is 7.76. The molecule has 0 spiro atoms. The van der Waals surface area contributed by atoms with Gasteiger partial charge in [0.1, 0.15) is 6.29 Å². The van der Waals surface area contributed by atoms with Crippen LogP contribution >= 0.6 is 0 Å². The van der Waals surface area contributed by atoms with Crippen LogP contribution < -0.4 is 5.32 Å². The van der Waals surface area contributed by atoms with Crippen LogP contribution in [0, 0.1) is 17.8 Å². The van der Waals surface area contributed by atoms with Gasteiger partial charge in [-0.1, -0.05) is 40.0 Å². The van der Waals surface area contributed by atoms with Gasteiger partial charge in [0.2, 0.25) is 0 Å². The zero-order chi connectivity index (χ0) is 13.8. The minimum absolute atomic E-state index is 0.750. The lowest BCUT2D eigenvalue weighted by Crippen LogP contribution is -2.29. The molecule has 0 bridgehead atoms. The number of aldehydes is 1. The summed E-state index contributed by atoms with van der Waals surface area (Å²) in [4.78, 5) is 8.81. The second-order valence-corrected chi connectivity index (χ2v) is 5.74. The van der Waals surface area contributed by atoms with Crippen molar-refractivity contribution in [1.82, 2.24) is 5.32 Å². The molecule has 2 heteroatoms. The van der Waals surface area contributed by atoms with Gasteiger partial charge in [0.25, 0.3) is 0 Å². The van der Waals surface area contributed by atoms with E-state index in [-0.39, 0.29) is 0 Å². The molecule has 1 unspecified atom stereocenters. The Morgan fingerprint density at radius 1 is 1.22 bits per heavy atom. The monoisotopic (exact) mass is 255 g/mol. The van der Waals surface area contributed by atoms with Crippen LogP contribution in [0.4, 0.5) is 0 Å². The van der Waals surface area contributed by atoms with E-state index in [0.717, 1.165) is 24.0 Å². The largest absolute Gasteiger partial charge is 0.317 e. The van der Waals surface area contributed by atoms with Gasteiger partial charge in [-0.15, -0.1) is 0 Å². The zero-order valence-electron chi connectivity index (χ0n) is 12.9. The van der Waals surface area contributed by atoms with Crippen molar-refractivity contribution in [3.05, 3.63) is 0 Å². The third-order valence-electron chi connectivity index (χ3n) is 4.22. The van der Waals surface area contributed by atoms with Gasteiger partial charge in [0.05, 0.1) is 0 Å². The number of hydrogen-bond acceptors (Lipinski definition) is 2. The van der Waals surface area contributed by atoms with E-state index in [1.54, 1.807) is 0 Å². The summed E-state index contributed by atoms with van der Waals surface area (Å²) >= 11 is 0. The average molecular weight is 255 g/mol. The van der Waals surface area contributed by atoms with Gasteiger partial charge in [-0.25, -0.2) is 0 Å². The minimum atomic E-state index is 0.750. The van der Waals surface area contributed by atoms with Crippen molar-refractivity contribution in [2.45, 2.75) is 66.2 Å². The van der Waals surface area contributed by atoms with Crippen LogP contribution in [-0.2, 0) is 4.79 Å². The van der Waals surface area contributed by atoms with Gasteiger partial charge in [-0.2, -0.15) is 0 Å². The SMILES string of the molecule is C1CNC1.CC=O.CCC(C)C1CCC(C)CC1. The van der Waals surface area contributed by atoms with Crippen molar-refractivity contribution in [1.29, 1.82) is 0 Å². The Morgan fingerprint density at radius 2 is 1.61 bits per heavy atom. The molecule has 1 N–H and O–H groups in total. The Labute approximate surface area is 114 Å². The molecule has 108 valence electrons. The smallest absolute Gasteiger partial charge is 0.116 e. The maximum atomic E-state index is 8.81. The molecule has 1 saturated carbocycles. The molecule has 0 aromatic rings. The molecule has 18 heavy (non-hydrogen) atoms. The number of hydrogen-bond donors (Lipinski definition) is 1. The van der Waals surface area contributed by atoms with Crippen LogP contribution in [0.1, 0.15) is 66.2 Å². The van der Waals surface area contributed by atoms with E-state index in [1.165, 1.54) is 58.5 Å². The van der Waals surface area contributed by atoms with Crippen LogP contribution in [0.15, 0.2) is 0 Å². The predicted molar refractivity (Wildman–Crippen MR) is 79.8 cm³/mol. The van der Waals surface area contributed by atoms with Crippen molar-refractivity contribution < 1.29 is 4.79 Å². The standard InChI is InChI=1S/C11H22.C3H7N.C2H4O/c1-4-10(3)11-7-5-9(2)6-8-11;1-2-4-3-1;1-2-3/h9-11H,4-8H2,1-3H3;4H,1-3H2;2H,1H3. The molecular weight excluding hydrogens is 222 g/mol. The van der Waals surface area contributed by atoms with Crippen molar-refractivity contribution in [3.63, 3.8) is 0 Å². The van der Waals surface area contributed by atoms with Crippen LogP contribution in [0.25, 0.3) is 0 Å². The molecule has 2 aliphatic rings. The summed E-state index contributed by atoms with van der Waals surface area (Å²) < 4.78 is 0. The first-order valence-corrected chi connectivity index (χ1v) is 7.76. The van der Waals surface area contributed by atoms with E-state index < -0.39 is 0 Å². The predicted octanol–water partition coefficient (Wildman–Crippen LogP) is 4.04. The lowest BCUT2D eigenvalue weighted by molar-refractivity contribution is -0.106. The zero-order valence-corrected chi connectivity index (χ0v) is 12.9. The van der Waals surface area contributed by atoms with Crippen LogP contribution in [0.5, 0.6) is 0 Å². The highest BCUT2D eigenvalue weighted by atomic mass is 16.1. The molecule has 1 aliphatic carbocycles. The summed E-state index contributed by atoms with van der Waals surface area (Å²) in [5.41, 5.74) is 0. The summed E-state index contributed by atoms with van der Waals surface area (Å²) in [6.45, 7) is 11.1. The van der Waals surface area contributed by atoms with Gasteiger partial charge in [-0.3, -0.25) is 0 Å². The van der Waals surface area contributed by atoms with Crippen LogP contribution in [0.3, 0.4) is 0 Å². The number of carbonyl (C=O) groups is 1. The lowest BCUT2D eigenvalue weighted by Gasteiger charge is -2.30.